The molecule has 1 amide bonds. The van der Waals surface area contributed by atoms with Gasteiger partial charge < -0.3 is 15.2 Å². The second-order valence-electron chi connectivity index (χ2n) is 5.86. The fourth-order valence-electron chi connectivity index (χ4n) is 2.77. The molecule has 0 saturated carbocycles. The van der Waals surface area contributed by atoms with E-state index in [-0.39, 0.29) is 31.5 Å². The predicted octanol–water partition coefficient (Wildman–Crippen LogP) is 1.83. The molecule has 0 unspecified atom stereocenters. The fraction of sp³-hybridized carbons (Fsp3) is 0.600. The Kier molecular flexibility index (Phi) is 4.84. The molecule has 1 fully saturated rings. The highest BCUT2D eigenvalue weighted by Gasteiger charge is 2.56. The Morgan fingerprint density at radius 1 is 1.39 bits per heavy atom. The van der Waals surface area contributed by atoms with Crippen LogP contribution in [-0.2, 0) is 0 Å². The van der Waals surface area contributed by atoms with Crippen molar-refractivity contribution in [2.75, 3.05) is 19.6 Å². The van der Waals surface area contributed by atoms with Gasteiger partial charge in [-0.2, -0.15) is 13.2 Å². The van der Waals surface area contributed by atoms with Gasteiger partial charge in [0.1, 0.15) is 11.1 Å². The van der Waals surface area contributed by atoms with E-state index in [4.69, 9.17) is 0 Å². The Balaban J connectivity index is 2.25. The van der Waals surface area contributed by atoms with E-state index in [1.54, 1.807) is 6.92 Å². The second kappa shape index (κ2) is 6.35. The molecule has 0 aliphatic carbocycles. The molecule has 2 N–H and O–H groups in total. The molecular formula is C15H20F3N3O2. The van der Waals surface area contributed by atoms with Crippen molar-refractivity contribution in [1.82, 2.24) is 15.2 Å². The third kappa shape index (κ3) is 3.57. The summed E-state index contributed by atoms with van der Waals surface area (Å²) in [5.74, 6) is -0.992. The second-order valence-corrected chi connectivity index (χ2v) is 5.86. The van der Waals surface area contributed by atoms with Gasteiger partial charge in [-0.25, -0.2) is 0 Å². The third-order valence-electron chi connectivity index (χ3n) is 4.35. The number of H-pyrrole nitrogens is 1. The van der Waals surface area contributed by atoms with E-state index in [2.05, 4.69) is 10.3 Å². The zero-order valence-corrected chi connectivity index (χ0v) is 13.1. The van der Waals surface area contributed by atoms with Gasteiger partial charge in [-0.15, -0.1) is 0 Å². The first kappa shape index (κ1) is 17.5. The Labute approximate surface area is 131 Å². The minimum Gasteiger partial charge on any atom is -0.364 e. The molecule has 2 heterocycles. The van der Waals surface area contributed by atoms with Crippen LogP contribution in [0.25, 0.3) is 0 Å². The van der Waals surface area contributed by atoms with Crippen molar-refractivity contribution in [3.05, 3.63) is 33.7 Å². The lowest BCUT2D eigenvalue weighted by molar-refractivity contribution is -0.205. The number of nitrogens with zero attached hydrogens (tertiary/aromatic N) is 1. The van der Waals surface area contributed by atoms with Crippen LogP contribution < -0.4 is 10.7 Å². The number of rotatable bonds is 3. The van der Waals surface area contributed by atoms with Gasteiger partial charge >= 0.3 is 6.18 Å². The highest BCUT2D eigenvalue weighted by atomic mass is 19.4. The smallest absolute Gasteiger partial charge is 0.364 e. The molecule has 0 radical (unpaired) electrons. The predicted molar refractivity (Wildman–Crippen MR) is 79.4 cm³/mol. The lowest BCUT2D eigenvalue weighted by atomic mass is 9.86. The molecule has 2 rings (SSSR count). The summed E-state index contributed by atoms with van der Waals surface area (Å²) in [5, 5.41) is 2.08. The van der Waals surface area contributed by atoms with Crippen LogP contribution in [0.3, 0.4) is 0 Å². The lowest BCUT2D eigenvalue weighted by Gasteiger charge is -2.43. The Morgan fingerprint density at radius 3 is 2.48 bits per heavy atom. The Hall–Kier alpha value is -1.83. The Morgan fingerprint density at radius 2 is 2.00 bits per heavy atom. The number of pyridine rings is 1. The van der Waals surface area contributed by atoms with Gasteiger partial charge in [-0.3, -0.25) is 9.59 Å². The van der Waals surface area contributed by atoms with Crippen molar-refractivity contribution in [2.24, 2.45) is 0 Å². The molecule has 1 aromatic rings. The number of carbonyl (C=O) groups excluding carboxylic acids is 1. The summed E-state index contributed by atoms with van der Waals surface area (Å²) >= 11 is 0. The van der Waals surface area contributed by atoms with Crippen molar-refractivity contribution >= 4 is 5.91 Å². The fourth-order valence-corrected chi connectivity index (χ4v) is 2.77. The molecule has 128 valence electrons. The van der Waals surface area contributed by atoms with Crippen LogP contribution in [0, 0.1) is 6.92 Å². The first-order valence-corrected chi connectivity index (χ1v) is 7.49. The minimum absolute atomic E-state index is 0.222. The molecular weight excluding hydrogens is 311 g/mol. The van der Waals surface area contributed by atoms with Crippen molar-refractivity contribution < 1.29 is 18.0 Å². The normalized spacial score (nSPS) is 18.7. The number of aromatic amines is 1. The third-order valence-corrected chi connectivity index (χ3v) is 4.35. The molecule has 1 aliphatic rings. The first-order chi connectivity index (χ1) is 10.7. The molecule has 23 heavy (non-hydrogen) atoms. The maximum atomic E-state index is 13.5. The van der Waals surface area contributed by atoms with Crippen LogP contribution in [0.4, 0.5) is 13.2 Å². The number of alkyl halides is 3. The van der Waals surface area contributed by atoms with Gasteiger partial charge in [0.2, 0.25) is 0 Å². The van der Waals surface area contributed by atoms with Crippen LogP contribution in [0.1, 0.15) is 35.8 Å². The Bertz CT molecular complexity index is 632. The average molecular weight is 331 g/mol. The van der Waals surface area contributed by atoms with E-state index in [0.29, 0.717) is 12.2 Å². The van der Waals surface area contributed by atoms with Gasteiger partial charge in [0.15, 0.2) is 5.43 Å². The largest absolute Gasteiger partial charge is 0.411 e. The number of hydrogen-bond donors (Lipinski definition) is 2. The van der Waals surface area contributed by atoms with E-state index in [1.165, 1.54) is 6.07 Å². The maximum absolute atomic E-state index is 13.5. The number of amides is 1. The number of hydrogen-bond acceptors (Lipinski definition) is 3. The number of carbonyl (C=O) groups is 1. The number of halogens is 3. The van der Waals surface area contributed by atoms with Crippen LogP contribution in [0.15, 0.2) is 17.1 Å². The number of aromatic nitrogens is 1. The van der Waals surface area contributed by atoms with Crippen LogP contribution in [-0.4, -0.2) is 47.1 Å². The van der Waals surface area contributed by atoms with E-state index >= 15 is 0 Å². The van der Waals surface area contributed by atoms with Crippen molar-refractivity contribution in [2.45, 2.75) is 38.4 Å². The van der Waals surface area contributed by atoms with Gasteiger partial charge in [0.05, 0.1) is 0 Å². The summed E-state index contributed by atoms with van der Waals surface area (Å²) in [4.78, 5) is 28.6. The van der Waals surface area contributed by atoms with E-state index in [9.17, 15) is 22.8 Å². The summed E-state index contributed by atoms with van der Waals surface area (Å²) in [6.45, 7) is 4.67. The number of likely N-dealkylation sites (tertiary alicyclic amines) is 1. The topological polar surface area (TPSA) is 65.2 Å². The summed E-state index contributed by atoms with van der Waals surface area (Å²) in [7, 11) is 0. The van der Waals surface area contributed by atoms with Gasteiger partial charge in [-0.1, -0.05) is 6.92 Å². The van der Waals surface area contributed by atoms with Crippen molar-refractivity contribution in [3.8, 4) is 0 Å². The maximum Gasteiger partial charge on any atom is 0.411 e. The van der Waals surface area contributed by atoms with Gasteiger partial charge in [0.25, 0.3) is 5.91 Å². The van der Waals surface area contributed by atoms with Crippen molar-refractivity contribution in [3.63, 3.8) is 0 Å². The first-order valence-electron chi connectivity index (χ1n) is 7.49. The molecule has 1 saturated heterocycles. The number of piperidine rings is 1. The molecule has 0 atom stereocenters. The van der Waals surface area contributed by atoms with E-state index in [0.717, 1.165) is 6.20 Å². The summed E-state index contributed by atoms with van der Waals surface area (Å²) in [6, 6.07) is 1.19. The highest BCUT2D eigenvalue weighted by Crippen LogP contribution is 2.38. The monoisotopic (exact) mass is 331 g/mol. The zero-order chi connectivity index (χ0) is 17.3. The molecule has 1 aliphatic heterocycles. The van der Waals surface area contributed by atoms with E-state index in [1.807, 2.05) is 11.8 Å². The van der Waals surface area contributed by atoms with Crippen LogP contribution in [0.2, 0.25) is 0 Å². The summed E-state index contributed by atoms with van der Waals surface area (Å²) < 4.78 is 40.6. The van der Waals surface area contributed by atoms with E-state index < -0.39 is 23.1 Å². The van der Waals surface area contributed by atoms with Crippen LogP contribution >= 0.6 is 0 Å². The molecule has 1 aromatic heterocycles. The minimum atomic E-state index is -4.57. The quantitative estimate of drug-likeness (QED) is 0.888. The number of aryl methyl sites for hydroxylation is 1. The molecule has 0 aromatic carbocycles. The SMILES string of the molecule is CCN1CCC(NC(=O)c2c[nH]c(C)cc2=O)(C(F)(F)F)CC1. The van der Waals surface area contributed by atoms with Gasteiger partial charge in [-0.05, 0) is 26.3 Å². The summed E-state index contributed by atoms with van der Waals surface area (Å²) in [6.07, 6.45) is -3.86. The average Bonchev–Trinajstić information content (AvgIpc) is 2.46. The van der Waals surface area contributed by atoms with Gasteiger partial charge in [0, 0.05) is 31.0 Å². The van der Waals surface area contributed by atoms with Crippen molar-refractivity contribution in [1.29, 1.82) is 0 Å². The lowest BCUT2D eigenvalue weighted by Crippen LogP contribution is -2.63. The standard InChI is InChI=1S/C15H20F3N3O2/c1-3-21-6-4-14(5-7-21,15(16,17)18)20-13(23)11-9-19-10(2)8-12(11)22/h8-9H,3-7H2,1-2H3,(H,19,22)(H,20,23). The summed E-state index contributed by atoms with van der Waals surface area (Å²) in [5.41, 5.74) is -2.65. The molecule has 0 spiro atoms. The number of nitrogens with one attached hydrogen (secondary N) is 2. The zero-order valence-electron chi connectivity index (χ0n) is 13.1. The molecule has 8 heteroatoms. The molecule has 5 nitrogen and oxygen atoms in total. The highest BCUT2D eigenvalue weighted by molar-refractivity contribution is 5.94. The molecule has 0 bridgehead atoms. The van der Waals surface area contributed by atoms with Crippen LogP contribution in [0.5, 0.6) is 0 Å².